The van der Waals surface area contributed by atoms with Gasteiger partial charge in [-0.3, -0.25) is 0 Å². The summed E-state index contributed by atoms with van der Waals surface area (Å²) in [6.45, 7) is 0. The molecular formula is C21H18N4S. The number of benzene rings is 2. The van der Waals surface area contributed by atoms with Crippen LogP contribution in [0.5, 0.6) is 0 Å². The first-order valence-electron chi connectivity index (χ1n) is 8.35. The molecule has 0 unspecified atom stereocenters. The Morgan fingerprint density at radius 2 is 1.62 bits per heavy atom. The highest BCUT2D eigenvalue weighted by molar-refractivity contribution is 7.98. The molecule has 4 aromatic rings. The molecule has 2 aromatic heterocycles. The number of thioether (sulfide) groups is 1. The van der Waals surface area contributed by atoms with Crippen LogP contribution in [0.3, 0.4) is 0 Å². The van der Waals surface area contributed by atoms with Gasteiger partial charge in [0.1, 0.15) is 5.52 Å². The van der Waals surface area contributed by atoms with E-state index in [2.05, 4.69) is 40.5 Å². The van der Waals surface area contributed by atoms with Gasteiger partial charge in [-0.05, 0) is 30.0 Å². The van der Waals surface area contributed by atoms with Crippen LogP contribution in [0.2, 0.25) is 0 Å². The summed E-state index contributed by atoms with van der Waals surface area (Å²) in [7, 11) is 0. The predicted octanol–water partition coefficient (Wildman–Crippen LogP) is 4.59. The van der Waals surface area contributed by atoms with Gasteiger partial charge in [-0.1, -0.05) is 48.5 Å². The van der Waals surface area contributed by atoms with Gasteiger partial charge in [0.05, 0.1) is 16.9 Å². The molecule has 0 aliphatic rings. The van der Waals surface area contributed by atoms with Gasteiger partial charge in [0.2, 0.25) is 5.95 Å². The Balaban J connectivity index is 1.86. The molecule has 0 saturated heterocycles. The summed E-state index contributed by atoms with van der Waals surface area (Å²) in [5.41, 5.74) is 11.6. The second-order valence-electron chi connectivity index (χ2n) is 5.96. The zero-order valence-electron chi connectivity index (χ0n) is 14.4. The molecule has 0 aliphatic carbocycles. The highest BCUT2D eigenvalue weighted by Gasteiger charge is 2.12. The average Bonchev–Trinajstić information content (AvgIpc) is 2.68. The van der Waals surface area contributed by atoms with E-state index in [4.69, 9.17) is 10.7 Å². The second-order valence-corrected chi connectivity index (χ2v) is 6.80. The zero-order valence-corrected chi connectivity index (χ0v) is 15.2. The van der Waals surface area contributed by atoms with E-state index in [1.54, 1.807) is 11.8 Å². The van der Waals surface area contributed by atoms with Crippen molar-refractivity contribution in [3.05, 3.63) is 78.0 Å². The maximum absolute atomic E-state index is 5.92. The van der Waals surface area contributed by atoms with E-state index in [9.17, 15) is 0 Å². The van der Waals surface area contributed by atoms with Crippen LogP contribution in [0, 0.1) is 0 Å². The number of nitrogens with zero attached hydrogens (tertiary/aromatic N) is 3. The third kappa shape index (κ3) is 3.26. The van der Waals surface area contributed by atoms with Crippen LogP contribution in [0.25, 0.3) is 22.3 Å². The molecule has 0 saturated carbocycles. The number of hydrogen-bond acceptors (Lipinski definition) is 5. The molecule has 0 amide bonds. The first-order chi connectivity index (χ1) is 12.7. The summed E-state index contributed by atoms with van der Waals surface area (Å²) in [4.78, 5) is 14.9. The van der Waals surface area contributed by atoms with E-state index in [-0.39, 0.29) is 5.95 Å². The summed E-state index contributed by atoms with van der Waals surface area (Å²) in [5, 5.41) is 0. The lowest BCUT2D eigenvalue weighted by molar-refractivity contribution is 1.06. The fraction of sp³-hybridized carbons (Fsp3) is 0.0952. The van der Waals surface area contributed by atoms with Crippen LogP contribution in [0.4, 0.5) is 5.95 Å². The summed E-state index contributed by atoms with van der Waals surface area (Å²) in [5.74, 6) is 0.280. The molecule has 0 aliphatic heterocycles. The van der Waals surface area contributed by atoms with E-state index < -0.39 is 0 Å². The maximum Gasteiger partial charge on any atom is 0.220 e. The first kappa shape index (κ1) is 16.5. The van der Waals surface area contributed by atoms with Gasteiger partial charge in [-0.2, -0.15) is 0 Å². The van der Waals surface area contributed by atoms with E-state index in [0.29, 0.717) is 6.42 Å². The predicted molar refractivity (Wildman–Crippen MR) is 108 cm³/mol. The number of nitrogen functional groups attached to an aromatic ring is 1. The number of nitrogens with two attached hydrogens (primary N) is 1. The second kappa shape index (κ2) is 7.14. The average molecular weight is 358 g/mol. The van der Waals surface area contributed by atoms with Gasteiger partial charge in [-0.25, -0.2) is 15.0 Å². The molecule has 128 valence electrons. The molecule has 2 heterocycles. The number of fused-ring (bicyclic) bond motifs is 1. The normalized spacial score (nSPS) is 11.0. The molecule has 0 spiro atoms. The molecule has 0 bridgehead atoms. The molecule has 26 heavy (non-hydrogen) atoms. The maximum atomic E-state index is 5.92. The van der Waals surface area contributed by atoms with Crippen molar-refractivity contribution >= 4 is 28.7 Å². The third-order valence-corrected chi connectivity index (χ3v) is 5.02. The van der Waals surface area contributed by atoms with E-state index >= 15 is 0 Å². The largest absolute Gasteiger partial charge is 0.368 e. The van der Waals surface area contributed by atoms with Gasteiger partial charge >= 0.3 is 0 Å². The molecule has 2 aromatic carbocycles. The number of aromatic nitrogens is 3. The molecule has 2 N–H and O–H groups in total. The molecule has 5 heteroatoms. The number of hydrogen-bond donors (Lipinski definition) is 1. The number of anilines is 1. The Bertz CT molecular complexity index is 1060. The summed E-state index contributed by atoms with van der Waals surface area (Å²) in [6, 6.07) is 22.5. The topological polar surface area (TPSA) is 64.7 Å². The smallest absolute Gasteiger partial charge is 0.220 e. The van der Waals surface area contributed by atoms with Gasteiger partial charge in [0, 0.05) is 16.9 Å². The van der Waals surface area contributed by atoms with Crippen LogP contribution < -0.4 is 5.73 Å². The SMILES string of the molecule is CSc1ccccc1-c1ccc2nc(N)nc(Cc3ccccc3)c2n1. The lowest BCUT2D eigenvalue weighted by atomic mass is 10.1. The van der Waals surface area contributed by atoms with Crippen molar-refractivity contribution in [1.82, 2.24) is 15.0 Å². The fourth-order valence-electron chi connectivity index (χ4n) is 3.01. The minimum atomic E-state index is 0.280. The molecule has 0 atom stereocenters. The first-order valence-corrected chi connectivity index (χ1v) is 9.57. The molecular weight excluding hydrogens is 340 g/mol. The quantitative estimate of drug-likeness (QED) is 0.541. The Morgan fingerprint density at radius 1 is 0.846 bits per heavy atom. The third-order valence-electron chi connectivity index (χ3n) is 4.23. The highest BCUT2D eigenvalue weighted by Crippen LogP contribution is 2.30. The summed E-state index contributed by atoms with van der Waals surface area (Å²) >= 11 is 1.71. The molecule has 0 fully saturated rings. The Labute approximate surface area is 156 Å². The minimum absolute atomic E-state index is 0.280. The summed E-state index contributed by atoms with van der Waals surface area (Å²) in [6.07, 6.45) is 2.75. The van der Waals surface area contributed by atoms with Crippen molar-refractivity contribution in [2.75, 3.05) is 12.0 Å². The van der Waals surface area contributed by atoms with Crippen LogP contribution in [-0.2, 0) is 6.42 Å². The van der Waals surface area contributed by atoms with Crippen LogP contribution >= 0.6 is 11.8 Å². The van der Waals surface area contributed by atoms with E-state index in [0.717, 1.165) is 28.0 Å². The van der Waals surface area contributed by atoms with Crippen molar-refractivity contribution in [3.63, 3.8) is 0 Å². The van der Waals surface area contributed by atoms with Crippen molar-refractivity contribution in [3.8, 4) is 11.3 Å². The van der Waals surface area contributed by atoms with Crippen LogP contribution in [-0.4, -0.2) is 21.2 Å². The van der Waals surface area contributed by atoms with Crippen molar-refractivity contribution in [2.24, 2.45) is 0 Å². The Morgan fingerprint density at radius 3 is 2.42 bits per heavy atom. The van der Waals surface area contributed by atoms with Gasteiger partial charge in [0.15, 0.2) is 0 Å². The van der Waals surface area contributed by atoms with Gasteiger partial charge < -0.3 is 5.73 Å². The van der Waals surface area contributed by atoms with Crippen molar-refractivity contribution in [1.29, 1.82) is 0 Å². The van der Waals surface area contributed by atoms with Crippen molar-refractivity contribution in [2.45, 2.75) is 11.3 Å². The molecule has 0 radical (unpaired) electrons. The fourth-order valence-corrected chi connectivity index (χ4v) is 3.62. The lowest BCUT2D eigenvalue weighted by Crippen LogP contribution is -2.03. The van der Waals surface area contributed by atoms with Gasteiger partial charge in [-0.15, -0.1) is 11.8 Å². The van der Waals surface area contributed by atoms with E-state index in [1.807, 2.05) is 42.5 Å². The standard InChI is InChI=1S/C21H18N4S/c1-26-19-10-6-5-9-15(19)16-11-12-17-20(23-16)18(25-21(22)24-17)13-14-7-3-2-4-8-14/h2-12H,13H2,1H3,(H2,22,24,25). The Kier molecular flexibility index (Phi) is 4.54. The summed E-state index contributed by atoms with van der Waals surface area (Å²) < 4.78 is 0. The molecule has 4 rings (SSSR count). The minimum Gasteiger partial charge on any atom is -0.368 e. The molecule has 4 nitrogen and oxygen atoms in total. The van der Waals surface area contributed by atoms with Crippen LogP contribution in [0.15, 0.2) is 71.6 Å². The van der Waals surface area contributed by atoms with Crippen LogP contribution in [0.1, 0.15) is 11.3 Å². The van der Waals surface area contributed by atoms with E-state index in [1.165, 1.54) is 10.5 Å². The lowest BCUT2D eigenvalue weighted by Gasteiger charge is -2.10. The number of pyridine rings is 1. The monoisotopic (exact) mass is 358 g/mol. The van der Waals surface area contributed by atoms with Gasteiger partial charge in [0.25, 0.3) is 0 Å². The highest BCUT2D eigenvalue weighted by atomic mass is 32.2. The number of rotatable bonds is 4. The van der Waals surface area contributed by atoms with Crippen molar-refractivity contribution < 1.29 is 0 Å². The Hall–Kier alpha value is -2.92. The zero-order chi connectivity index (χ0) is 17.9.